The quantitative estimate of drug-likeness (QED) is 0.917. The Bertz CT molecular complexity index is 691. The number of halogens is 2. The number of ether oxygens (including phenoxy) is 2. The predicted octanol–water partition coefficient (Wildman–Crippen LogP) is 3.43. The summed E-state index contributed by atoms with van der Waals surface area (Å²) in [7, 11) is 2.99. The van der Waals surface area contributed by atoms with Crippen LogP contribution in [0.1, 0.15) is 15.9 Å². The Morgan fingerprint density at radius 1 is 1.23 bits per heavy atom. The van der Waals surface area contributed by atoms with Gasteiger partial charge in [0.1, 0.15) is 5.82 Å². The second-order valence-electron chi connectivity index (χ2n) is 4.48. The molecule has 0 heterocycles. The molecule has 0 saturated heterocycles. The van der Waals surface area contributed by atoms with Crippen molar-refractivity contribution < 1.29 is 18.7 Å². The van der Waals surface area contributed by atoms with E-state index in [1.54, 1.807) is 18.2 Å². The number of benzene rings is 2. The number of carbonyl (C=O) groups excluding carboxylic acids is 1. The monoisotopic (exact) mass is 323 g/mol. The predicted molar refractivity (Wildman–Crippen MR) is 82.1 cm³/mol. The Morgan fingerprint density at radius 3 is 2.59 bits per heavy atom. The van der Waals surface area contributed by atoms with Crippen LogP contribution in [-0.4, -0.2) is 20.1 Å². The van der Waals surface area contributed by atoms with Gasteiger partial charge in [0.2, 0.25) is 0 Å². The van der Waals surface area contributed by atoms with Crippen molar-refractivity contribution in [2.45, 2.75) is 6.54 Å². The van der Waals surface area contributed by atoms with Crippen molar-refractivity contribution in [1.82, 2.24) is 5.32 Å². The zero-order valence-electron chi connectivity index (χ0n) is 12.2. The van der Waals surface area contributed by atoms with Gasteiger partial charge in [0.25, 0.3) is 5.91 Å². The molecule has 0 aliphatic heterocycles. The summed E-state index contributed by atoms with van der Waals surface area (Å²) < 4.78 is 23.9. The van der Waals surface area contributed by atoms with E-state index in [0.717, 1.165) is 0 Å². The molecule has 0 spiro atoms. The molecule has 0 bridgehead atoms. The van der Waals surface area contributed by atoms with E-state index in [9.17, 15) is 9.18 Å². The molecule has 0 atom stereocenters. The average molecular weight is 324 g/mol. The summed E-state index contributed by atoms with van der Waals surface area (Å²) in [5.74, 6) is -0.173. The number of nitrogens with one attached hydrogen (secondary N) is 1. The van der Waals surface area contributed by atoms with E-state index in [1.165, 1.54) is 32.4 Å². The molecule has 0 aromatic heterocycles. The second-order valence-corrected chi connectivity index (χ2v) is 4.88. The number of amides is 1. The Kier molecular flexibility index (Phi) is 5.22. The number of methoxy groups -OCH3 is 2. The van der Waals surface area contributed by atoms with Gasteiger partial charge in [-0.05, 0) is 29.8 Å². The van der Waals surface area contributed by atoms with Gasteiger partial charge in [0.05, 0.1) is 24.8 Å². The van der Waals surface area contributed by atoms with Crippen LogP contribution in [0.4, 0.5) is 4.39 Å². The van der Waals surface area contributed by atoms with Gasteiger partial charge in [-0.2, -0.15) is 0 Å². The minimum absolute atomic E-state index is 0.00549. The average Bonchev–Trinajstić information content (AvgIpc) is 2.52. The summed E-state index contributed by atoms with van der Waals surface area (Å²) in [4.78, 5) is 12.0. The molecule has 0 fully saturated rings. The number of rotatable bonds is 5. The number of carbonyl (C=O) groups is 1. The molecule has 6 heteroatoms. The highest BCUT2D eigenvalue weighted by molar-refractivity contribution is 6.32. The maximum Gasteiger partial charge on any atom is 0.254 e. The molecule has 2 aromatic carbocycles. The van der Waals surface area contributed by atoms with Crippen molar-refractivity contribution in [3.05, 3.63) is 58.4 Å². The fourth-order valence-electron chi connectivity index (χ4n) is 2.00. The first-order chi connectivity index (χ1) is 10.6. The molecule has 22 heavy (non-hydrogen) atoms. The largest absolute Gasteiger partial charge is 0.493 e. The summed E-state index contributed by atoms with van der Waals surface area (Å²) >= 11 is 6.09. The molecule has 1 N–H and O–H groups in total. The van der Waals surface area contributed by atoms with E-state index < -0.39 is 11.7 Å². The molecule has 0 aliphatic rings. The third-order valence-corrected chi connectivity index (χ3v) is 3.35. The minimum atomic E-state index is -0.564. The third kappa shape index (κ3) is 3.49. The molecule has 116 valence electrons. The van der Waals surface area contributed by atoms with Gasteiger partial charge in [0, 0.05) is 6.54 Å². The fourth-order valence-corrected chi connectivity index (χ4v) is 2.31. The lowest BCUT2D eigenvalue weighted by Crippen LogP contribution is -2.23. The first-order valence-electron chi connectivity index (χ1n) is 6.50. The molecular weight excluding hydrogens is 309 g/mol. The molecule has 4 nitrogen and oxygen atoms in total. The van der Waals surface area contributed by atoms with E-state index in [2.05, 4.69) is 5.32 Å². The molecule has 1 amide bonds. The number of hydrogen-bond acceptors (Lipinski definition) is 3. The lowest BCUT2D eigenvalue weighted by atomic mass is 10.1. The molecule has 0 aliphatic carbocycles. The van der Waals surface area contributed by atoms with Gasteiger partial charge >= 0.3 is 0 Å². The van der Waals surface area contributed by atoms with Gasteiger partial charge < -0.3 is 14.8 Å². The van der Waals surface area contributed by atoms with Crippen LogP contribution in [0.2, 0.25) is 5.02 Å². The van der Waals surface area contributed by atoms with E-state index >= 15 is 0 Å². The highest BCUT2D eigenvalue weighted by Crippen LogP contribution is 2.35. The highest BCUT2D eigenvalue weighted by atomic mass is 35.5. The van der Waals surface area contributed by atoms with Gasteiger partial charge in [-0.25, -0.2) is 4.39 Å². The van der Waals surface area contributed by atoms with Crippen LogP contribution in [0, 0.1) is 5.82 Å². The Hall–Kier alpha value is -2.27. The van der Waals surface area contributed by atoms with Gasteiger partial charge in [-0.1, -0.05) is 23.7 Å². The first kappa shape index (κ1) is 16.1. The van der Waals surface area contributed by atoms with Gasteiger partial charge in [-0.15, -0.1) is 0 Å². The molecule has 2 aromatic rings. The van der Waals surface area contributed by atoms with Crippen molar-refractivity contribution in [3.63, 3.8) is 0 Å². The lowest BCUT2D eigenvalue weighted by Gasteiger charge is -2.12. The van der Waals surface area contributed by atoms with Crippen molar-refractivity contribution in [3.8, 4) is 11.5 Å². The van der Waals surface area contributed by atoms with Crippen molar-refractivity contribution in [1.29, 1.82) is 0 Å². The van der Waals surface area contributed by atoms with Crippen LogP contribution in [0.25, 0.3) is 0 Å². The zero-order valence-corrected chi connectivity index (χ0v) is 12.9. The Labute approximate surface area is 132 Å². The van der Waals surface area contributed by atoms with Crippen LogP contribution >= 0.6 is 11.6 Å². The van der Waals surface area contributed by atoms with E-state index in [1.807, 2.05) is 0 Å². The first-order valence-corrected chi connectivity index (χ1v) is 6.87. The summed E-state index contributed by atoms with van der Waals surface area (Å²) in [6, 6.07) is 9.15. The van der Waals surface area contributed by atoms with Crippen molar-refractivity contribution in [2.24, 2.45) is 0 Å². The smallest absolute Gasteiger partial charge is 0.254 e. The summed E-state index contributed by atoms with van der Waals surface area (Å²) in [5.41, 5.74) is 0.710. The van der Waals surface area contributed by atoms with Crippen LogP contribution in [0.5, 0.6) is 11.5 Å². The molecule has 0 saturated carbocycles. The zero-order chi connectivity index (χ0) is 16.1. The van der Waals surface area contributed by atoms with Crippen molar-refractivity contribution in [2.75, 3.05) is 14.2 Å². The minimum Gasteiger partial charge on any atom is -0.493 e. The maximum atomic E-state index is 13.5. The summed E-state index contributed by atoms with van der Waals surface area (Å²) in [6.07, 6.45) is 0. The summed E-state index contributed by atoms with van der Waals surface area (Å²) in [6.45, 7) is 0.188. The SMILES string of the molecule is COc1cc(CNC(=O)c2ccccc2F)cc(Cl)c1OC. The summed E-state index contributed by atoms with van der Waals surface area (Å²) in [5, 5.41) is 3.01. The Morgan fingerprint density at radius 2 is 1.95 bits per heavy atom. The van der Waals surface area contributed by atoms with Gasteiger partial charge in [-0.3, -0.25) is 4.79 Å². The highest BCUT2D eigenvalue weighted by Gasteiger charge is 2.13. The van der Waals surface area contributed by atoms with Gasteiger partial charge in [0.15, 0.2) is 11.5 Å². The molecular formula is C16H15ClFNO3. The van der Waals surface area contributed by atoms with E-state index in [4.69, 9.17) is 21.1 Å². The standard InChI is InChI=1S/C16H15ClFNO3/c1-21-14-8-10(7-12(17)15(14)22-2)9-19-16(20)11-5-3-4-6-13(11)18/h3-8H,9H2,1-2H3,(H,19,20). The maximum absolute atomic E-state index is 13.5. The molecule has 2 rings (SSSR count). The van der Waals surface area contributed by atoms with Crippen LogP contribution in [0.15, 0.2) is 36.4 Å². The topological polar surface area (TPSA) is 47.6 Å². The third-order valence-electron chi connectivity index (χ3n) is 3.06. The lowest BCUT2D eigenvalue weighted by molar-refractivity contribution is 0.0947. The van der Waals surface area contributed by atoms with Crippen molar-refractivity contribution >= 4 is 17.5 Å². The van der Waals surface area contributed by atoms with Crippen LogP contribution < -0.4 is 14.8 Å². The fraction of sp³-hybridized carbons (Fsp3) is 0.188. The normalized spacial score (nSPS) is 10.2. The number of hydrogen-bond donors (Lipinski definition) is 1. The van der Waals surface area contributed by atoms with Crippen LogP contribution in [-0.2, 0) is 6.54 Å². The van der Waals surface area contributed by atoms with Crippen LogP contribution in [0.3, 0.4) is 0 Å². The van der Waals surface area contributed by atoms with E-state index in [-0.39, 0.29) is 12.1 Å². The van der Waals surface area contributed by atoms with E-state index in [0.29, 0.717) is 22.1 Å². The second kappa shape index (κ2) is 7.13. The molecule has 0 unspecified atom stereocenters. The molecule has 0 radical (unpaired) electrons. The Balaban J connectivity index is 2.13.